The maximum atomic E-state index is 12.7. The van der Waals surface area contributed by atoms with Gasteiger partial charge in [0.2, 0.25) is 0 Å². The molecule has 0 spiro atoms. The highest BCUT2D eigenvalue weighted by Crippen LogP contribution is 2.28. The molecule has 2 amide bonds. The van der Waals surface area contributed by atoms with Gasteiger partial charge < -0.3 is 10.1 Å². The zero-order valence-corrected chi connectivity index (χ0v) is 20.6. The molecule has 0 saturated heterocycles. The third-order valence-electron chi connectivity index (χ3n) is 4.96. The average molecular weight is 541 g/mol. The number of nitrogens with zero attached hydrogens (tertiary/aromatic N) is 1. The van der Waals surface area contributed by atoms with E-state index >= 15 is 0 Å². The van der Waals surface area contributed by atoms with E-state index in [9.17, 15) is 14.4 Å². The molecule has 2 N–H and O–H groups in total. The van der Waals surface area contributed by atoms with Crippen LogP contribution in [0.2, 0.25) is 15.1 Å². The number of hydrogen-bond donors (Lipinski definition) is 2. The molecular weight excluding hydrogens is 525 g/mol. The minimum Gasteiger partial charge on any atom is -0.422 e. The third-order valence-corrected chi connectivity index (χ3v) is 5.77. The van der Waals surface area contributed by atoms with Crippen LogP contribution in [-0.2, 0) is 9.59 Å². The smallest absolute Gasteiger partial charge is 0.343 e. The van der Waals surface area contributed by atoms with Crippen LogP contribution in [0.4, 0.5) is 5.69 Å². The van der Waals surface area contributed by atoms with Gasteiger partial charge in [0.25, 0.3) is 0 Å². The number of carbonyl (C=O) groups excluding carboxylic acids is 3. The number of hydrogen-bond acceptors (Lipinski definition) is 5. The molecule has 0 aliphatic rings. The van der Waals surface area contributed by atoms with Crippen LogP contribution in [0.3, 0.4) is 0 Å². The van der Waals surface area contributed by atoms with E-state index in [2.05, 4.69) is 15.8 Å². The second-order valence-corrected chi connectivity index (χ2v) is 8.65. The summed E-state index contributed by atoms with van der Waals surface area (Å²) in [6.07, 6.45) is 1.30. The van der Waals surface area contributed by atoms with E-state index in [1.165, 1.54) is 18.3 Å². The molecule has 0 aromatic heterocycles. The highest BCUT2D eigenvalue weighted by atomic mass is 35.5. The number of nitrogens with one attached hydrogen (secondary N) is 2. The fourth-order valence-electron chi connectivity index (χ4n) is 3.22. The average Bonchev–Trinajstić information content (AvgIpc) is 2.87. The second kappa shape index (κ2) is 11.2. The number of anilines is 1. The number of fused-ring (bicyclic) bond motifs is 1. The highest BCUT2D eigenvalue weighted by molar-refractivity contribution is 6.42. The highest BCUT2D eigenvalue weighted by Gasteiger charge is 2.16. The van der Waals surface area contributed by atoms with Gasteiger partial charge >= 0.3 is 17.8 Å². The van der Waals surface area contributed by atoms with Crippen LogP contribution in [0, 0.1) is 0 Å². The number of rotatable bonds is 5. The van der Waals surface area contributed by atoms with Crippen molar-refractivity contribution in [3.05, 3.63) is 105 Å². The van der Waals surface area contributed by atoms with E-state index in [4.69, 9.17) is 39.5 Å². The minimum atomic E-state index is -1.04. The molecule has 180 valence electrons. The topological polar surface area (TPSA) is 96.9 Å². The lowest BCUT2D eigenvalue weighted by molar-refractivity contribution is -0.136. The molecule has 4 rings (SSSR count). The number of hydrazone groups is 1. The van der Waals surface area contributed by atoms with Crippen LogP contribution in [0.1, 0.15) is 15.9 Å². The van der Waals surface area contributed by atoms with Gasteiger partial charge in [-0.25, -0.2) is 10.2 Å². The molecular formula is C26H16Cl3N3O4. The van der Waals surface area contributed by atoms with Gasteiger partial charge in [-0.15, -0.1) is 0 Å². The van der Waals surface area contributed by atoms with Gasteiger partial charge in [-0.1, -0.05) is 65.1 Å². The monoisotopic (exact) mass is 539 g/mol. The molecule has 10 heteroatoms. The first-order valence-corrected chi connectivity index (χ1v) is 11.5. The van der Waals surface area contributed by atoms with Gasteiger partial charge in [-0.05, 0) is 59.3 Å². The minimum absolute atomic E-state index is 0.179. The zero-order chi connectivity index (χ0) is 25.7. The molecule has 36 heavy (non-hydrogen) atoms. The van der Waals surface area contributed by atoms with Crippen LogP contribution in [0.15, 0.2) is 84.0 Å². The Labute approximate surface area is 220 Å². The predicted octanol–water partition coefficient (Wildman–Crippen LogP) is 6.11. The number of carbonyl (C=O) groups is 3. The molecule has 0 unspecified atom stereocenters. The molecule has 0 atom stereocenters. The molecule has 0 radical (unpaired) electrons. The van der Waals surface area contributed by atoms with Crippen LogP contribution in [0.5, 0.6) is 5.75 Å². The molecule has 0 bridgehead atoms. The number of esters is 1. The third kappa shape index (κ3) is 6.01. The maximum Gasteiger partial charge on any atom is 0.343 e. The van der Waals surface area contributed by atoms with Gasteiger partial charge in [0, 0.05) is 15.6 Å². The van der Waals surface area contributed by atoms with E-state index in [0.717, 1.165) is 5.39 Å². The number of amides is 2. The molecule has 0 aliphatic carbocycles. The molecule has 0 aliphatic heterocycles. The second-order valence-electron chi connectivity index (χ2n) is 7.37. The van der Waals surface area contributed by atoms with Gasteiger partial charge in [0.15, 0.2) is 0 Å². The van der Waals surface area contributed by atoms with Crippen molar-refractivity contribution in [1.82, 2.24) is 5.43 Å². The Bertz CT molecular complexity index is 1500. The zero-order valence-electron chi connectivity index (χ0n) is 18.3. The van der Waals surface area contributed by atoms with E-state index in [1.54, 1.807) is 42.5 Å². The molecule has 4 aromatic rings. The number of benzene rings is 4. The summed E-state index contributed by atoms with van der Waals surface area (Å²) >= 11 is 17.8. The van der Waals surface area contributed by atoms with E-state index < -0.39 is 17.8 Å². The van der Waals surface area contributed by atoms with Crippen molar-refractivity contribution in [3.8, 4) is 5.75 Å². The molecule has 4 aromatic carbocycles. The Hall–Kier alpha value is -3.91. The van der Waals surface area contributed by atoms with Crippen molar-refractivity contribution >= 4 is 75.3 Å². The number of ether oxygens (including phenoxy) is 1. The van der Waals surface area contributed by atoms with Crippen molar-refractivity contribution in [3.63, 3.8) is 0 Å². The lowest BCUT2D eigenvalue weighted by Crippen LogP contribution is -2.32. The standard InChI is InChI=1S/C26H16Cl3N3O4/c27-17-8-5-16(6-9-17)26(35)36-23-12-7-15-3-1-2-4-19(15)20(23)14-30-32-25(34)24(33)31-22-13-18(28)10-11-21(22)29/h1-14H,(H,31,33)(H,32,34)/b30-14+. The van der Waals surface area contributed by atoms with E-state index in [0.29, 0.717) is 26.6 Å². The Morgan fingerprint density at radius 3 is 2.31 bits per heavy atom. The van der Waals surface area contributed by atoms with Gasteiger partial charge in [-0.3, -0.25) is 9.59 Å². The first-order valence-electron chi connectivity index (χ1n) is 10.4. The SMILES string of the molecule is O=C(N/N=C/c1c(OC(=O)c2ccc(Cl)cc2)ccc2ccccc12)C(=O)Nc1cc(Cl)ccc1Cl. The summed E-state index contributed by atoms with van der Waals surface area (Å²) in [5.41, 5.74) is 3.07. The Morgan fingerprint density at radius 1 is 0.806 bits per heavy atom. The summed E-state index contributed by atoms with van der Waals surface area (Å²) < 4.78 is 5.60. The van der Waals surface area contributed by atoms with Gasteiger partial charge in [0.05, 0.1) is 22.5 Å². The van der Waals surface area contributed by atoms with Crippen LogP contribution in [0.25, 0.3) is 10.8 Å². The normalized spacial score (nSPS) is 10.9. The Morgan fingerprint density at radius 2 is 1.53 bits per heavy atom. The molecule has 0 heterocycles. The van der Waals surface area contributed by atoms with Gasteiger partial charge in [0.1, 0.15) is 5.75 Å². The summed E-state index contributed by atoms with van der Waals surface area (Å²) in [4.78, 5) is 37.2. The summed E-state index contributed by atoms with van der Waals surface area (Å²) in [6, 6.07) is 21.5. The van der Waals surface area contributed by atoms with Crippen LogP contribution in [-0.4, -0.2) is 24.0 Å². The first-order chi connectivity index (χ1) is 17.3. The lowest BCUT2D eigenvalue weighted by atomic mass is 10.0. The molecule has 0 fully saturated rings. The largest absolute Gasteiger partial charge is 0.422 e. The fourth-order valence-corrected chi connectivity index (χ4v) is 3.68. The van der Waals surface area contributed by atoms with Crippen LogP contribution >= 0.6 is 34.8 Å². The van der Waals surface area contributed by atoms with Crippen molar-refractivity contribution in [2.75, 3.05) is 5.32 Å². The summed E-state index contributed by atoms with van der Waals surface area (Å²) in [5, 5.41) is 8.87. The van der Waals surface area contributed by atoms with Crippen molar-refractivity contribution in [2.45, 2.75) is 0 Å². The molecule has 0 saturated carbocycles. The predicted molar refractivity (Wildman–Crippen MR) is 141 cm³/mol. The quantitative estimate of drug-likeness (QED) is 0.105. The lowest BCUT2D eigenvalue weighted by Gasteiger charge is -2.11. The molecule has 7 nitrogen and oxygen atoms in total. The summed E-state index contributed by atoms with van der Waals surface area (Å²) in [5.74, 6) is -2.42. The van der Waals surface area contributed by atoms with E-state index in [-0.39, 0.29) is 16.5 Å². The maximum absolute atomic E-state index is 12.7. The van der Waals surface area contributed by atoms with Crippen molar-refractivity contribution < 1.29 is 19.1 Å². The van der Waals surface area contributed by atoms with Crippen molar-refractivity contribution in [2.24, 2.45) is 5.10 Å². The van der Waals surface area contributed by atoms with Crippen LogP contribution < -0.4 is 15.5 Å². The summed E-state index contributed by atoms with van der Waals surface area (Å²) in [7, 11) is 0. The first kappa shape index (κ1) is 25.2. The Kier molecular flexibility index (Phi) is 7.85. The fraction of sp³-hybridized carbons (Fsp3) is 0. The van der Waals surface area contributed by atoms with E-state index in [1.807, 2.05) is 24.3 Å². The van der Waals surface area contributed by atoms with Gasteiger partial charge in [-0.2, -0.15) is 5.10 Å². The number of halogens is 3. The Balaban J connectivity index is 1.54. The summed E-state index contributed by atoms with van der Waals surface area (Å²) in [6.45, 7) is 0. The van der Waals surface area contributed by atoms with Crippen molar-refractivity contribution in [1.29, 1.82) is 0 Å².